The summed E-state index contributed by atoms with van der Waals surface area (Å²) in [5.74, 6) is -1.24. The molecule has 0 heterocycles. The Kier molecular flexibility index (Phi) is 5.98. The minimum Gasteiger partial charge on any atom is -0.507 e. The van der Waals surface area contributed by atoms with Crippen LogP contribution in [0.4, 0.5) is 0 Å². The van der Waals surface area contributed by atoms with E-state index in [1.807, 2.05) is 0 Å². The minimum absolute atomic E-state index is 0.0327. The van der Waals surface area contributed by atoms with Crippen molar-refractivity contribution in [2.45, 2.75) is 4.75 Å². The monoisotopic (exact) mass is 492 g/mol. The van der Waals surface area contributed by atoms with Gasteiger partial charge in [0, 0.05) is 16.1 Å². The molecule has 0 aliphatic carbocycles. The number of aromatic hydroxyl groups is 2. The summed E-state index contributed by atoms with van der Waals surface area (Å²) in [6.45, 7) is 0. The molecule has 0 saturated heterocycles. The second-order valence-electron chi connectivity index (χ2n) is 6.03. The Morgan fingerprint density at radius 3 is 1.83 bits per heavy atom. The van der Waals surface area contributed by atoms with Crippen LogP contribution in [-0.2, 0) is 14.9 Å². The van der Waals surface area contributed by atoms with Crippen molar-refractivity contribution < 1.29 is 23.2 Å². The van der Waals surface area contributed by atoms with Crippen LogP contribution in [0.3, 0.4) is 0 Å². The number of halogens is 4. The quantitative estimate of drug-likeness (QED) is 0.239. The van der Waals surface area contributed by atoms with Gasteiger partial charge in [-0.05, 0) is 24.3 Å². The number of hydrogen-bond donors (Lipinski definition) is 3. The Balaban J connectivity index is 2.68. The molecule has 0 saturated carbocycles. The van der Waals surface area contributed by atoms with E-state index in [0.717, 1.165) is 12.1 Å². The summed E-state index contributed by atoms with van der Waals surface area (Å²) in [4.78, 5) is 0. The normalized spacial score (nSPS) is 13.8. The lowest BCUT2D eigenvalue weighted by Gasteiger charge is -2.34. The number of benzene rings is 3. The fraction of sp³-hybridized carbons (Fsp3) is 0.0526. The van der Waals surface area contributed by atoms with Gasteiger partial charge in [-0.1, -0.05) is 76.7 Å². The van der Waals surface area contributed by atoms with Crippen molar-refractivity contribution >= 4 is 56.5 Å². The van der Waals surface area contributed by atoms with Crippen LogP contribution in [0.1, 0.15) is 16.7 Å². The minimum atomic E-state index is -5.20. The molecule has 1 atom stereocenters. The highest BCUT2D eigenvalue weighted by atomic mass is 35.5. The molecule has 0 bridgehead atoms. The highest BCUT2D eigenvalue weighted by Crippen LogP contribution is 2.54. The van der Waals surface area contributed by atoms with E-state index in [-0.39, 0.29) is 31.2 Å². The van der Waals surface area contributed by atoms with Crippen molar-refractivity contribution in [2.75, 3.05) is 0 Å². The second-order valence-corrected chi connectivity index (χ2v) is 9.16. The summed E-state index contributed by atoms with van der Waals surface area (Å²) in [6.07, 6.45) is 0. The molecule has 0 aliphatic rings. The average Bonchev–Trinajstić information content (AvgIpc) is 2.63. The van der Waals surface area contributed by atoms with Gasteiger partial charge in [0.1, 0.15) is 11.5 Å². The van der Waals surface area contributed by atoms with Crippen LogP contribution in [0.25, 0.3) is 0 Å². The van der Waals surface area contributed by atoms with E-state index in [9.17, 15) is 23.2 Å². The summed E-state index contributed by atoms with van der Waals surface area (Å²) >= 11 is 24.8. The summed E-state index contributed by atoms with van der Waals surface area (Å²) in [7, 11) is -5.20. The lowest BCUT2D eigenvalue weighted by Crippen LogP contribution is -2.39. The third kappa shape index (κ3) is 3.44. The summed E-state index contributed by atoms with van der Waals surface area (Å²) in [5, 5.41) is 20.5. The third-order valence-electron chi connectivity index (χ3n) is 4.43. The number of rotatable bonds is 4. The van der Waals surface area contributed by atoms with Crippen LogP contribution in [0.5, 0.6) is 11.5 Å². The molecule has 5 nitrogen and oxygen atoms in total. The van der Waals surface area contributed by atoms with Gasteiger partial charge >= 0.3 is 0 Å². The summed E-state index contributed by atoms with van der Waals surface area (Å²) in [5.41, 5.74) is -0.974. The van der Waals surface area contributed by atoms with Gasteiger partial charge in [-0.15, -0.1) is 0 Å². The van der Waals surface area contributed by atoms with Crippen molar-refractivity contribution in [3.05, 3.63) is 91.4 Å². The van der Waals surface area contributed by atoms with Gasteiger partial charge in [0.15, 0.2) is 4.75 Å². The number of phenolic OH excluding ortho intramolecular Hbond substituents is 2. The van der Waals surface area contributed by atoms with Crippen LogP contribution in [0.2, 0.25) is 20.1 Å². The highest BCUT2D eigenvalue weighted by Gasteiger charge is 2.54. The Morgan fingerprint density at radius 2 is 1.28 bits per heavy atom. The van der Waals surface area contributed by atoms with Gasteiger partial charge in [0.05, 0.1) is 20.6 Å². The van der Waals surface area contributed by atoms with E-state index in [2.05, 4.69) is 0 Å². The molecular formula is C19H12Cl4O5S. The van der Waals surface area contributed by atoms with Gasteiger partial charge in [-0.25, -0.2) is 0 Å². The molecule has 3 aromatic carbocycles. The largest absolute Gasteiger partial charge is 0.507 e. The SMILES string of the molecule is O=S(=O)(O)C(c1ccccc1Cl)(c1ccc(Cl)c(Cl)c1Cl)c1c(O)cccc1O. The predicted octanol–water partition coefficient (Wildman–Crippen LogP) is 5.89. The maximum absolute atomic E-state index is 13.0. The van der Waals surface area contributed by atoms with Crippen LogP contribution < -0.4 is 0 Å². The Labute approximate surface area is 186 Å². The maximum Gasteiger partial charge on any atom is 0.283 e. The van der Waals surface area contributed by atoms with E-state index in [1.165, 1.54) is 36.4 Å². The smallest absolute Gasteiger partial charge is 0.283 e. The molecule has 0 spiro atoms. The molecule has 3 aromatic rings. The fourth-order valence-electron chi connectivity index (χ4n) is 3.25. The summed E-state index contributed by atoms with van der Waals surface area (Å²) < 4.78 is 33.9. The van der Waals surface area contributed by atoms with Gasteiger partial charge in [-0.2, -0.15) is 8.42 Å². The molecule has 0 aromatic heterocycles. The number of phenols is 2. The van der Waals surface area contributed by atoms with Crippen molar-refractivity contribution in [3.8, 4) is 11.5 Å². The molecular weight excluding hydrogens is 482 g/mol. The van der Waals surface area contributed by atoms with Crippen LogP contribution in [0, 0.1) is 0 Å². The van der Waals surface area contributed by atoms with E-state index in [1.54, 1.807) is 6.07 Å². The van der Waals surface area contributed by atoms with Crippen molar-refractivity contribution in [2.24, 2.45) is 0 Å². The molecule has 3 rings (SSSR count). The van der Waals surface area contributed by atoms with Crippen molar-refractivity contribution in [1.29, 1.82) is 0 Å². The average molecular weight is 494 g/mol. The number of hydrogen-bond acceptors (Lipinski definition) is 4. The Morgan fingerprint density at radius 1 is 0.690 bits per heavy atom. The lowest BCUT2D eigenvalue weighted by atomic mass is 9.82. The van der Waals surface area contributed by atoms with E-state index in [4.69, 9.17) is 46.4 Å². The third-order valence-corrected chi connectivity index (χ3v) is 7.47. The Bertz CT molecular complexity index is 1190. The molecule has 3 N–H and O–H groups in total. The van der Waals surface area contributed by atoms with Crippen LogP contribution in [-0.4, -0.2) is 23.2 Å². The van der Waals surface area contributed by atoms with Gasteiger partial charge in [0.2, 0.25) is 0 Å². The van der Waals surface area contributed by atoms with Crippen LogP contribution in [0.15, 0.2) is 54.6 Å². The molecule has 0 fully saturated rings. The molecule has 10 heteroatoms. The summed E-state index contributed by atoms with van der Waals surface area (Å²) in [6, 6.07) is 11.8. The molecule has 0 aliphatic heterocycles. The first-order chi connectivity index (χ1) is 13.5. The van der Waals surface area contributed by atoms with Gasteiger partial charge in [-0.3, -0.25) is 4.55 Å². The highest BCUT2D eigenvalue weighted by molar-refractivity contribution is 7.87. The molecule has 29 heavy (non-hydrogen) atoms. The Hall–Kier alpha value is -1.67. The van der Waals surface area contributed by atoms with Crippen LogP contribution >= 0.6 is 46.4 Å². The first-order valence-electron chi connectivity index (χ1n) is 7.91. The topological polar surface area (TPSA) is 94.8 Å². The fourth-order valence-corrected chi connectivity index (χ4v) is 5.69. The van der Waals surface area contributed by atoms with E-state index >= 15 is 0 Å². The van der Waals surface area contributed by atoms with Gasteiger partial charge in [0.25, 0.3) is 10.1 Å². The zero-order valence-corrected chi connectivity index (χ0v) is 18.1. The van der Waals surface area contributed by atoms with Gasteiger partial charge < -0.3 is 10.2 Å². The molecule has 0 radical (unpaired) electrons. The predicted molar refractivity (Wildman–Crippen MR) is 114 cm³/mol. The van der Waals surface area contributed by atoms with Crippen molar-refractivity contribution in [1.82, 2.24) is 0 Å². The standard InChI is InChI=1S/C19H12Cl4O5S/c20-12-5-2-1-4-10(12)19(29(26,27)28,16-14(24)6-3-7-15(16)25)11-8-9-13(21)18(23)17(11)22/h1-9,24-25H,(H,26,27,28). The first-order valence-corrected chi connectivity index (χ1v) is 10.9. The zero-order valence-electron chi connectivity index (χ0n) is 14.3. The maximum atomic E-state index is 13.0. The lowest BCUT2D eigenvalue weighted by molar-refractivity contribution is 0.416. The van der Waals surface area contributed by atoms with E-state index < -0.39 is 31.9 Å². The first kappa shape index (κ1) is 22.0. The van der Waals surface area contributed by atoms with E-state index in [0.29, 0.717) is 0 Å². The van der Waals surface area contributed by atoms with Crippen molar-refractivity contribution in [3.63, 3.8) is 0 Å². The molecule has 1 unspecified atom stereocenters. The molecule has 0 amide bonds. The molecule has 152 valence electrons. The zero-order chi connectivity index (χ0) is 21.6. The second kappa shape index (κ2) is 7.87.